The molecule has 1 aromatic carbocycles. The average Bonchev–Trinajstić information content (AvgIpc) is 3.44. The predicted molar refractivity (Wildman–Crippen MR) is 77.6 cm³/mol. The standard InChI is InChI=1S/C17H17F2NO3/c1-23-14(21)8-20-9-16(4-5-16)12-6-10(17(19)7-13(17)18)2-3-11(12)15(20)22/h2-3,6,13H,4-5,7-9H2,1H3/t13-,17+/m0/s1. The van der Waals surface area contributed by atoms with E-state index in [9.17, 15) is 18.4 Å². The number of carbonyl (C=O) groups is 2. The third kappa shape index (κ3) is 2.07. The van der Waals surface area contributed by atoms with Crippen molar-refractivity contribution in [2.45, 2.75) is 36.5 Å². The normalized spacial score (nSPS) is 30.1. The van der Waals surface area contributed by atoms with Gasteiger partial charge in [-0.05, 0) is 30.0 Å². The Morgan fingerprint density at radius 2 is 2.13 bits per heavy atom. The van der Waals surface area contributed by atoms with Crippen molar-refractivity contribution in [3.63, 3.8) is 0 Å². The van der Waals surface area contributed by atoms with Crippen molar-refractivity contribution in [3.8, 4) is 0 Å². The van der Waals surface area contributed by atoms with Crippen LogP contribution in [0.15, 0.2) is 18.2 Å². The molecule has 2 aliphatic carbocycles. The summed E-state index contributed by atoms with van der Waals surface area (Å²) in [7, 11) is 1.29. The summed E-state index contributed by atoms with van der Waals surface area (Å²) in [5.41, 5.74) is -0.496. The quantitative estimate of drug-likeness (QED) is 0.802. The molecule has 2 saturated carbocycles. The Hall–Kier alpha value is -1.98. The zero-order valence-electron chi connectivity index (χ0n) is 12.8. The van der Waals surface area contributed by atoms with E-state index in [1.807, 2.05) is 0 Å². The molecule has 0 radical (unpaired) electrons. The van der Waals surface area contributed by atoms with Crippen LogP contribution in [0.5, 0.6) is 0 Å². The van der Waals surface area contributed by atoms with Crippen molar-refractivity contribution < 1.29 is 23.1 Å². The van der Waals surface area contributed by atoms with Crippen molar-refractivity contribution in [2.75, 3.05) is 20.2 Å². The summed E-state index contributed by atoms with van der Waals surface area (Å²) in [4.78, 5) is 25.6. The minimum absolute atomic E-state index is 0.0854. The first-order valence-corrected chi connectivity index (χ1v) is 7.74. The molecule has 0 N–H and O–H groups in total. The molecule has 1 aromatic rings. The van der Waals surface area contributed by atoms with Gasteiger partial charge in [0.15, 0.2) is 5.67 Å². The lowest BCUT2D eigenvalue weighted by atomic mass is 9.84. The zero-order valence-corrected chi connectivity index (χ0v) is 12.8. The fourth-order valence-corrected chi connectivity index (χ4v) is 3.55. The molecular weight excluding hydrogens is 304 g/mol. The zero-order chi connectivity index (χ0) is 16.4. The van der Waals surface area contributed by atoms with Gasteiger partial charge in [0.1, 0.15) is 12.7 Å². The summed E-state index contributed by atoms with van der Waals surface area (Å²) < 4.78 is 32.3. The fourth-order valence-electron chi connectivity index (χ4n) is 3.55. The summed E-state index contributed by atoms with van der Waals surface area (Å²) in [6.07, 6.45) is 0.201. The number of amides is 1. The Morgan fingerprint density at radius 1 is 1.43 bits per heavy atom. The third-order valence-corrected chi connectivity index (χ3v) is 5.30. The first-order valence-electron chi connectivity index (χ1n) is 7.74. The van der Waals surface area contributed by atoms with E-state index >= 15 is 0 Å². The molecule has 3 aliphatic rings. The predicted octanol–water partition coefficient (Wildman–Crippen LogP) is 2.25. The molecule has 2 fully saturated rings. The highest BCUT2D eigenvalue weighted by Gasteiger charge is 2.59. The number of rotatable bonds is 3. The lowest BCUT2D eigenvalue weighted by Crippen LogP contribution is -2.46. The number of halogens is 2. The van der Waals surface area contributed by atoms with Gasteiger partial charge in [-0.3, -0.25) is 9.59 Å². The monoisotopic (exact) mass is 321 g/mol. The summed E-state index contributed by atoms with van der Waals surface area (Å²) in [6.45, 7) is 0.341. The van der Waals surface area contributed by atoms with E-state index < -0.39 is 17.8 Å². The number of benzene rings is 1. The van der Waals surface area contributed by atoms with Gasteiger partial charge in [-0.1, -0.05) is 12.1 Å². The van der Waals surface area contributed by atoms with E-state index in [0.717, 1.165) is 18.4 Å². The second-order valence-corrected chi connectivity index (χ2v) is 6.81. The molecule has 0 saturated heterocycles. The maximum Gasteiger partial charge on any atom is 0.325 e. The summed E-state index contributed by atoms with van der Waals surface area (Å²) in [5.74, 6) is -0.717. The van der Waals surface area contributed by atoms with Crippen LogP contribution in [-0.4, -0.2) is 43.1 Å². The van der Waals surface area contributed by atoms with Crippen LogP contribution in [0.2, 0.25) is 0 Å². The first-order chi connectivity index (χ1) is 10.9. The van der Waals surface area contributed by atoms with Crippen LogP contribution >= 0.6 is 0 Å². The summed E-state index contributed by atoms with van der Waals surface area (Å²) >= 11 is 0. The summed E-state index contributed by atoms with van der Waals surface area (Å²) in [5, 5.41) is 0. The van der Waals surface area contributed by atoms with Gasteiger partial charge in [0.05, 0.1) is 7.11 Å². The molecule has 2 atom stereocenters. The SMILES string of the molecule is COC(=O)CN1CC2(CC2)c2cc([C@]3(F)C[C@@H]3F)ccc2C1=O. The van der Waals surface area contributed by atoms with Gasteiger partial charge in [-0.15, -0.1) is 0 Å². The van der Waals surface area contributed by atoms with E-state index in [0.29, 0.717) is 17.7 Å². The highest BCUT2D eigenvalue weighted by molar-refractivity contribution is 5.99. The Bertz CT molecular complexity index is 716. The van der Waals surface area contributed by atoms with Crippen molar-refractivity contribution in [3.05, 3.63) is 34.9 Å². The van der Waals surface area contributed by atoms with Crippen LogP contribution in [0.3, 0.4) is 0 Å². The molecule has 6 heteroatoms. The number of methoxy groups -OCH3 is 1. The fraction of sp³-hybridized carbons (Fsp3) is 0.529. The smallest absolute Gasteiger partial charge is 0.325 e. The van der Waals surface area contributed by atoms with Gasteiger partial charge in [-0.2, -0.15) is 0 Å². The molecule has 0 unspecified atom stereocenters. The van der Waals surface area contributed by atoms with Gasteiger partial charge in [0.25, 0.3) is 5.91 Å². The number of carbonyl (C=O) groups excluding carboxylic acids is 2. The number of fused-ring (bicyclic) bond motifs is 2. The molecule has 23 heavy (non-hydrogen) atoms. The molecule has 0 bridgehead atoms. The maximum atomic E-state index is 14.3. The highest BCUT2D eigenvalue weighted by atomic mass is 19.2. The van der Waals surface area contributed by atoms with Crippen molar-refractivity contribution >= 4 is 11.9 Å². The van der Waals surface area contributed by atoms with Crippen LogP contribution in [0, 0.1) is 0 Å². The Labute approximate surface area is 132 Å². The lowest BCUT2D eigenvalue weighted by molar-refractivity contribution is -0.141. The van der Waals surface area contributed by atoms with Crippen LogP contribution < -0.4 is 0 Å². The molecule has 1 heterocycles. The van der Waals surface area contributed by atoms with E-state index in [1.54, 1.807) is 12.1 Å². The van der Waals surface area contributed by atoms with Crippen molar-refractivity contribution in [1.29, 1.82) is 0 Å². The number of ether oxygens (including phenoxy) is 1. The Kier molecular flexibility index (Phi) is 2.87. The van der Waals surface area contributed by atoms with Crippen LogP contribution in [0.25, 0.3) is 0 Å². The molecule has 122 valence electrons. The van der Waals surface area contributed by atoms with Gasteiger partial charge >= 0.3 is 5.97 Å². The number of nitrogens with zero attached hydrogens (tertiary/aromatic N) is 1. The molecule has 1 aliphatic heterocycles. The molecular formula is C17H17F2NO3. The second kappa shape index (κ2) is 4.52. The Morgan fingerprint density at radius 3 is 2.70 bits per heavy atom. The largest absolute Gasteiger partial charge is 0.468 e. The van der Waals surface area contributed by atoms with Crippen molar-refractivity contribution in [2.24, 2.45) is 0 Å². The number of hydrogen-bond acceptors (Lipinski definition) is 3. The molecule has 1 amide bonds. The van der Waals surface area contributed by atoms with E-state index in [1.165, 1.54) is 18.1 Å². The molecule has 0 aromatic heterocycles. The van der Waals surface area contributed by atoms with E-state index in [-0.39, 0.29) is 24.3 Å². The first kappa shape index (κ1) is 14.6. The minimum Gasteiger partial charge on any atom is -0.468 e. The molecule has 1 spiro atoms. The molecule has 4 rings (SSSR count). The topological polar surface area (TPSA) is 46.6 Å². The van der Waals surface area contributed by atoms with Crippen LogP contribution in [0.4, 0.5) is 8.78 Å². The Balaban J connectivity index is 1.71. The third-order valence-electron chi connectivity index (χ3n) is 5.30. The summed E-state index contributed by atoms with van der Waals surface area (Å²) in [6, 6.07) is 4.73. The van der Waals surface area contributed by atoms with Crippen LogP contribution in [0.1, 0.15) is 40.7 Å². The van der Waals surface area contributed by atoms with Crippen LogP contribution in [-0.2, 0) is 20.6 Å². The number of alkyl halides is 2. The van der Waals surface area contributed by atoms with E-state index in [4.69, 9.17) is 0 Å². The van der Waals surface area contributed by atoms with E-state index in [2.05, 4.69) is 4.74 Å². The maximum absolute atomic E-state index is 14.3. The van der Waals surface area contributed by atoms with Gasteiger partial charge in [0.2, 0.25) is 0 Å². The molecule has 4 nitrogen and oxygen atoms in total. The number of hydrogen-bond donors (Lipinski definition) is 0. The van der Waals surface area contributed by atoms with Crippen molar-refractivity contribution in [1.82, 2.24) is 4.90 Å². The average molecular weight is 321 g/mol. The van der Waals surface area contributed by atoms with Gasteiger partial charge < -0.3 is 9.64 Å². The number of esters is 1. The lowest BCUT2D eigenvalue weighted by Gasteiger charge is -2.34. The van der Waals surface area contributed by atoms with Gasteiger partial charge in [0, 0.05) is 23.9 Å². The minimum atomic E-state index is -1.89. The highest BCUT2D eigenvalue weighted by Crippen LogP contribution is 2.56. The van der Waals surface area contributed by atoms with Gasteiger partial charge in [-0.25, -0.2) is 8.78 Å². The second-order valence-electron chi connectivity index (χ2n) is 6.81.